The molecule has 0 spiro atoms. The first-order chi connectivity index (χ1) is 12.1. The van der Waals surface area contributed by atoms with Gasteiger partial charge < -0.3 is 0 Å². The highest BCUT2D eigenvalue weighted by Crippen LogP contribution is 2.33. The molecular weight excluding hydrogens is 384 g/mol. The minimum absolute atomic E-state index is 0.0188. The van der Waals surface area contributed by atoms with E-state index in [9.17, 15) is 8.42 Å². The van der Waals surface area contributed by atoms with Crippen LogP contribution in [0.25, 0.3) is 10.6 Å². The minimum Gasteiger partial charge on any atom is -0.241 e. The molecule has 0 fully saturated rings. The molecular formula is C19H22N2O2S3. The van der Waals surface area contributed by atoms with Crippen molar-refractivity contribution in [2.45, 2.75) is 43.9 Å². The van der Waals surface area contributed by atoms with Gasteiger partial charge in [-0.25, -0.2) is 18.1 Å². The Morgan fingerprint density at radius 2 is 1.88 bits per heavy atom. The summed E-state index contributed by atoms with van der Waals surface area (Å²) in [5, 5.41) is 4.75. The fourth-order valence-corrected chi connectivity index (χ4v) is 5.73. The van der Waals surface area contributed by atoms with Crippen LogP contribution in [0.2, 0.25) is 0 Å². The van der Waals surface area contributed by atoms with Gasteiger partial charge in [0.1, 0.15) is 9.22 Å². The maximum absolute atomic E-state index is 12.6. The molecule has 0 aliphatic carbocycles. The van der Waals surface area contributed by atoms with Gasteiger partial charge in [-0.3, -0.25) is 0 Å². The number of aromatic nitrogens is 1. The number of benzene rings is 1. The Kier molecular flexibility index (Phi) is 5.35. The van der Waals surface area contributed by atoms with Gasteiger partial charge in [0.2, 0.25) is 10.0 Å². The summed E-state index contributed by atoms with van der Waals surface area (Å²) in [5.74, 6) is 0. The van der Waals surface area contributed by atoms with E-state index in [1.165, 1.54) is 11.3 Å². The Balaban J connectivity index is 1.76. The Bertz CT molecular complexity index is 1010. The van der Waals surface area contributed by atoms with Crippen molar-refractivity contribution in [2.24, 2.45) is 0 Å². The molecule has 0 atom stereocenters. The first-order valence-corrected chi connectivity index (χ1v) is 11.5. The van der Waals surface area contributed by atoms with E-state index >= 15 is 0 Å². The fraction of sp³-hybridized carbons (Fsp3) is 0.316. The second-order valence-corrected chi connectivity index (χ2v) is 11.0. The molecule has 0 unspecified atom stereocenters. The number of sulfonamides is 1. The highest BCUT2D eigenvalue weighted by molar-refractivity contribution is 7.91. The molecule has 2 heterocycles. The molecule has 1 N–H and O–H groups in total. The van der Waals surface area contributed by atoms with Gasteiger partial charge in [0.25, 0.3) is 0 Å². The molecule has 0 amide bonds. The van der Waals surface area contributed by atoms with Crippen LogP contribution < -0.4 is 4.72 Å². The SMILES string of the molecule is Cc1cccc(CNS(=O)(=O)c2cc(-c3nc(C(C)(C)C)cs3)cs2)c1. The van der Waals surface area contributed by atoms with Crippen LogP contribution in [0.3, 0.4) is 0 Å². The molecule has 0 aliphatic heterocycles. The predicted octanol–water partition coefficient (Wildman–Crippen LogP) is 4.96. The van der Waals surface area contributed by atoms with E-state index in [1.807, 2.05) is 41.9 Å². The van der Waals surface area contributed by atoms with Crippen LogP contribution in [0.15, 0.2) is 45.3 Å². The van der Waals surface area contributed by atoms with Crippen LogP contribution in [-0.4, -0.2) is 13.4 Å². The number of thiophene rings is 1. The zero-order valence-electron chi connectivity index (χ0n) is 15.2. The molecule has 4 nitrogen and oxygen atoms in total. The largest absolute Gasteiger partial charge is 0.250 e. The quantitative estimate of drug-likeness (QED) is 0.652. The molecule has 2 aromatic heterocycles. The smallest absolute Gasteiger partial charge is 0.241 e. The van der Waals surface area contributed by atoms with Gasteiger partial charge in [-0.05, 0) is 18.6 Å². The van der Waals surface area contributed by atoms with E-state index < -0.39 is 10.0 Å². The number of thiazole rings is 1. The van der Waals surface area contributed by atoms with Crippen molar-refractivity contribution in [1.82, 2.24) is 9.71 Å². The van der Waals surface area contributed by atoms with Gasteiger partial charge in [0, 0.05) is 28.3 Å². The Morgan fingerprint density at radius 3 is 2.54 bits per heavy atom. The number of nitrogens with zero attached hydrogens (tertiary/aromatic N) is 1. The average molecular weight is 407 g/mol. The van der Waals surface area contributed by atoms with Gasteiger partial charge >= 0.3 is 0 Å². The van der Waals surface area contributed by atoms with Crippen LogP contribution in [0.4, 0.5) is 0 Å². The summed E-state index contributed by atoms with van der Waals surface area (Å²) in [6, 6.07) is 9.51. The van der Waals surface area contributed by atoms with Crippen molar-refractivity contribution in [3.63, 3.8) is 0 Å². The third-order valence-electron chi connectivity index (χ3n) is 3.91. The first-order valence-electron chi connectivity index (χ1n) is 8.25. The molecule has 3 rings (SSSR count). The lowest BCUT2D eigenvalue weighted by atomic mass is 9.93. The van der Waals surface area contributed by atoms with Crippen molar-refractivity contribution in [3.05, 3.63) is 57.9 Å². The Morgan fingerprint density at radius 1 is 1.12 bits per heavy atom. The normalized spacial score (nSPS) is 12.5. The van der Waals surface area contributed by atoms with E-state index in [0.717, 1.165) is 27.4 Å². The maximum Gasteiger partial charge on any atom is 0.250 e. The molecule has 0 saturated carbocycles. The summed E-state index contributed by atoms with van der Waals surface area (Å²) in [4.78, 5) is 4.66. The number of aryl methyl sites for hydroxylation is 1. The lowest BCUT2D eigenvalue weighted by Gasteiger charge is -2.14. The third kappa shape index (κ3) is 4.40. The number of rotatable bonds is 5. The van der Waals surface area contributed by atoms with E-state index in [0.29, 0.717) is 4.21 Å². The second kappa shape index (κ2) is 7.23. The van der Waals surface area contributed by atoms with E-state index in [1.54, 1.807) is 17.4 Å². The molecule has 138 valence electrons. The molecule has 0 saturated heterocycles. The van der Waals surface area contributed by atoms with Gasteiger partial charge in [-0.1, -0.05) is 50.6 Å². The monoisotopic (exact) mass is 406 g/mol. The standard InChI is InChI=1S/C19H22N2O2S3/c1-13-6-5-7-14(8-13)10-20-26(22,23)17-9-15(11-24-17)18-21-16(12-25-18)19(2,3)4/h5-9,11-12,20H,10H2,1-4H3. The maximum atomic E-state index is 12.6. The van der Waals surface area contributed by atoms with Gasteiger partial charge in [-0.2, -0.15) is 0 Å². The van der Waals surface area contributed by atoms with E-state index in [-0.39, 0.29) is 12.0 Å². The summed E-state index contributed by atoms with van der Waals surface area (Å²) in [6.45, 7) is 8.62. The van der Waals surface area contributed by atoms with Crippen molar-refractivity contribution in [1.29, 1.82) is 0 Å². The van der Waals surface area contributed by atoms with E-state index in [2.05, 4.69) is 30.5 Å². The van der Waals surface area contributed by atoms with Crippen molar-refractivity contribution < 1.29 is 8.42 Å². The van der Waals surface area contributed by atoms with Crippen molar-refractivity contribution in [3.8, 4) is 10.6 Å². The van der Waals surface area contributed by atoms with Crippen LogP contribution >= 0.6 is 22.7 Å². The van der Waals surface area contributed by atoms with Crippen molar-refractivity contribution in [2.75, 3.05) is 0 Å². The summed E-state index contributed by atoms with van der Waals surface area (Å²) >= 11 is 2.77. The molecule has 7 heteroatoms. The van der Waals surface area contributed by atoms with Crippen LogP contribution in [0.5, 0.6) is 0 Å². The van der Waals surface area contributed by atoms with Crippen LogP contribution in [-0.2, 0) is 22.0 Å². The van der Waals surface area contributed by atoms with Gasteiger partial charge in [0.15, 0.2) is 0 Å². The van der Waals surface area contributed by atoms with Crippen LogP contribution in [0.1, 0.15) is 37.6 Å². The van der Waals surface area contributed by atoms with Gasteiger partial charge in [0.05, 0.1) is 5.69 Å². The fourth-order valence-electron chi connectivity index (χ4n) is 2.39. The summed E-state index contributed by atoms with van der Waals surface area (Å²) in [5.41, 5.74) is 3.91. The topological polar surface area (TPSA) is 59.1 Å². The zero-order chi connectivity index (χ0) is 18.9. The second-order valence-electron chi connectivity index (χ2n) is 7.26. The zero-order valence-corrected chi connectivity index (χ0v) is 17.7. The summed E-state index contributed by atoms with van der Waals surface area (Å²) in [7, 11) is -3.53. The summed E-state index contributed by atoms with van der Waals surface area (Å²) in [6.07, 6.45) is 0. The molecule has 0 aliphatic rings. The highest BCUT2D eigenvalue weighted by atomic mass is 32.2. The lowest BCUT2D eigenvalue weighted by molar-refractivity contribution is 0.573. The number of hydrogen-bond acceptors (Lipinski definition) is 5. The minimum atomic E-state index is -3.53. The molecule has 1 aromatic carbocycles. The molecule has 3 aromatic rings. The first kappa shape index (κ1) is 19.2. The Hall–Kier alpha value is -1.54. The predicted molar refractivity (Wildman–Crippen MR) is 109 cm³/mol. The lowest BCUT2D eigenvalue weighted by Crippen LogP contribution is -2.22. The highest BCUT2D eigenvalue weighted by Gasteiger charge is 2.21. The van der Waals surface area contributed by atoms with Crippen LogP contribution in [0, 0.1) is 6.92 Å². The molecule has 26 heavy (non-hydrogen) atoms. The summed E-state index contributed by atoms with van der Waals surface area (Å²) < 4.78 is 28.2. The third-order valence-corrected chi connectivity index (χ3v) is 7.64. The van der Waals surface area contributed by atoms with E-state index in [4.69, 9.17) is 0 Å². The Labute approximate surface area is 163 Å². The molecule has 0 bridgehead atoms. The number of nitrogens with one attached hydrogen (secondary N) is 1. The van der Waals surface area contributed by atoms with Gasteiger partial charge in [-0.15, -0.1) is 22.7 Å². The molecule has 0 radical (unpaired) electrons. The average Bonchev–Trinajstić information content (AvgIpc) is 3.21. The van der Waals surface area contributed by atoms with Crippen molar-refractivity contribution >= 4 is 32.7 Å². The number of hydrogen-bond donors (Lipinski definition) is 1.